The van der Waals surface area contributed by atoms with Gasteiger partial charge in [-0.3, -0.25) is 14.7 Å². The van der Waals surface area contributed by atoms with E-state index < -0.39 is 0 Å². The monoisotopic (exact) mass is 1130 g/mol. The Morgan fingerprint density at radius 1 is 0.481 bits per heavy atom. The van der Waals surface area contributed by atoms with Crippen LogP contribution in [0, 0.1) is 0 Å². The summed E-state index contributed by atoms with van der Waals surface area (Å²) in [6, 6.07) is 18.9. The van der Waals surface area contributed by atoms with E-state index in [1.54, 1.807) is 0 Å². The van der Waals surface area contributed by atoms with Gasteiger partial charge in [0, 0.05) is 145 Å². The Morgan fingerprint density at radius 3 is 1.31 bits per heavy atom. The highest BCUT2D eigenvalue weighted by Gasteiger charge is 2.30. The molecule has 17 nitrogen and oxygen atoms in total. The van der Waals surface area contributed by atoms with Crippen molar-refractivity contribution in [2.24, 2.45) is 0 Å². The summed E-state index contributed by atoms with van der Waals surface area (Å²) < 4.78 is 26.8. The molecule has 0 bridgehead atoms. The summed E-state index contributed by atoms with van der Waals surface area (Å²) in [4.78, 5) is 14.9. The van der Waals surface area contributed by atoms with Crippen molar-refractivity contribution in [3.63, 3.8) is 0 Å². The summed E-state index contributed by atoms with van der Waals surface area (Å²) >= 11 is 0. The van der Waals surface area contributed by atoms with E-state index in [1.165, 1.54) is 53.3 Å². The van der Waals surface area contributed by atoms with E-state index in [1.807, 2.05) is 18.2 Å². The van der Waals surface area contributed by atoms with E-state index in [4.69, 9.17) is 36.1 Å². The van der Waals surface area contributed by atoms with Crippen LogP contribution in [0.15, 0.2) is 54.6 Å². The van der Waals surface area contributed by atoms with E-state index >= 15 is 0 Å². The number of morpholine rings is 3. The Labute approximate surface area is 494 Å². The molecule has 3 fully saturated rings. The van der Waals surface area contributed by atoms with Crippen molar-refractivity contribution < 1.29 is 32.4 Å². The normalized spacial score (nSPS) is 20.4. The molecule has 6 heterocycles. The Bertz CT molecular complexity index is 2150. The number of quaternary nitrogens is 3. The third kappa shape index (κ3) is 22.8. The van der Waals surface area contributed by atoms with Crippen molar-refractivity contribution in [3.05, 3.63) is 71.3 Å². The number of hydrogen-bond donors (Lipinski definition) is 4. The predicted octanol–water partition coefficient (Wildman–Crippen LogP) is 5.80. The molecule has 3 aromatic carbocycles. The van der Waals surface area contributed by atoms with E-state index in [-0.39, 0.29) is 22.3 Å². The molecule has 9 rings (SSSR count). The van der Waals surface area contributed by atoms with Gasteiger partial charge in [0.25, 0.3) is 0 Å². The molecule has 3 atom stereocenters. The molecular weight excluding hydrogens is 1010 g/mol. The third-order valence-corrected chi connectivity index (χ3v) is 16.8. The maximum Gasteiger partial charge on any atom is 0.119 e. The molecular formula is C64H120N13O4+3. The Hall–Kier alpha value is -3.98. The molecule has 0 aromatic heterocycles. The Balaban J connectivity index is 0.000000257. The molecule has 3 aromatic rings. The van der Waals surface area contributed by atoms with Gasteiger partial charge in [0.05, 0.1) is 95.5 Å². The van der Waals surface area contributed by atoms with Crippen LogP contribution < -0.4 is 37.2 Å². The molecule has 7 N–H and O–H groups in total. The van der Waals surface area contributed by atoms with Gasteiger partial charge in [0.2, 0.25) is 0 Å². The van der Waals surface area contributed by atoms with Gasteiger partial charge in [-0.05, 0) is 92.6 Å². The van der Waals surface area contributed by atoms with Crippen LogP contribution in [0.1, 0.15) is 59.2 Å². The van der Waals surface area contributed by atoms with Crippen molar-refractivity contribution in [1.82, 2.24) is 20.0 Å². The summed E-state index contributed by atoms with van der Waals surface area (Å²) in [5.74, 6) is 0. The first-order chi connectivity index (χ1) is 37.3. The summed E-state index contributed by atoms with van der Waals surface area (Å²) in [6.07, 6.45) is 5.66. The largest absolute Gasteiger partial charge is 0.399 e. The van der Waals surface area contributed by atoms with Gasteiger partial charge in [-0.1, -0.05) is 40.5 Å². The van der Waals surface area contributed by atoms with Gasteiger partial charge in [-0.25, -0.2) is 0 Å². The first kappa shape index (κ1) is 69.5. The zero-order valence-electron chi connectivity index (χ0n) is 50.2. The molecule has 6 aliphatic heterocycles. The second kappa shape index (κ2) is 33.5. The van der Waals surface area contributed by atoms with Gasteiger partial charge >= 0.3 is 0 Å². The van der Waals surface area contributed by atoms with Gasteiger partial charge in [0.1, 0.15) is 37.9 Å². The Morgan fingerprint density at radius 2 is 0.864 bits per heavy atom. The topological polar surface area (TPSA) is 146 Å². The average molecular weight is 1140 g/mol. The fourth-order valence-corrected chi connectivity index (χ4v) is 12.1. The van der Waals surface area contributed by atoms with Crippen LogP contribution in [-0.2, 0) is 38.2 Å². The number of nitrogens with zero attached hydrogens (tertiary/aromatic N) is 9. The zero-order chi connectivity index (χ0) is 55.7. The molecule has 0 radical (unpaired) electrons. The minimum Gasteiger partial charge on any atom is -0.399 e. The number of nitrogens with two attached hydrogens (primary N) is 3. The molecule has 0 aliphatic carbocycles. The second-order valence-electron chi connectivity index (χ2n) is 25.4. The molecule has 3 unspecified atom stereocenters. The summed E-state index contributed by atoms with van der Waals surface area (Å²) in [7, 11) is 15.7. The van der Waals surface area contributed by atoms with Crippen LogP contribution >= 0.6 is 0 Å². The molecule has 0 amide bonds. The fourth-order valence-electron chi connectivity index (χ4n) is 12.1. The van der Waals surface area contributed by atoms with Gasteiger partial charge in [-0.2, -0.15) is 0 Å². The molecule has 0 spiro atoms. The molecule has 0 saturated carbocycles. The lowest BCUT2D eigenvalue weighted by atomic mass is 10.1. The highest BCUT2D eigenvalue weighted by atomic mass is 16.5. The standard InChI is InChI=1S/C21H37N4O.C20H36N5O.C20H35N4O2.3CH4/c1-4-25(3,5-2)17-20-16-23(13-14-26-20)10-6-11-24-12-9-18-7-8-19(22)15-21(18)24;1-25(2,3)16-19-15-23(12-13-26-19)10-7-22-8-11-24-9-6-17-4-5-18(21)14-20(17)24;1-24(2,3)16-19-15-22(9-13-26-19)8-11-25-12-10-23-7-6-17-4-5-18(21)14-20(17)23;;;/h7-8,15,20H,4-6,9-14,16-17,22H2,1-3H3;4-5,14,19,22H,6-13,15-16,21H2,1-3H3;4-5,14,19H,6-13,15-16,21H2,1-3H3;3*1H4/q3*+1;;;. The Kier molecular flexibility index (Phi) is 28.7. The average Bonchev–Trinajstić information content (AvgIpc) is 4.15. The van der Waals surface area contributed by atoms with Crippen molar-refractivity contribution in [1.29, 1.82) is 0 Å². The molecule has 462 valence electrons. The van der Waals surface area contributed by atoms with Gasteiger partial charge in [0.15, 0.2) is 0 Å². The number of nitrogens with one attached hydrogen (secondary N) is 1. The van der Waals surface area contributed by atoms with E-state index in [0.29, 0.717) is 18.3 Å². The summed E-state index contributed by atoms with van der Waals surface area (Å²) in [5, 5.41) is 3.61. The van der Waals surface area contributed by atoms with Crippen LogP contribution in [-0.4, -0.2) is 273 Å². The summed E-state index contributed by atoms with van der Waals surface area (Å²) in [5.41, 5.74) is 28.6. The number of benzene rings is 3. The highest BCUT2D eigenvalue weighted by molar-refractivity contribution is 5.66. The van der Waals surface area contributed by atoms with Gasteiger partial charge in [-0.15, -0.1) is 0 Å². The van der Waals surface area contributed by atoms with Crippen LogP contribution in [0.25, 0.3) is 0 Å². The summed E-state index contributed by atoms with van der Waals surface area (Å²) in [6.45, 7) is 32.3. The second-order valence-corrected chi connectivity index (χ2v) is 25.4. The highest BCUT2D eigenvalue weighted by Crippen LogP contribution is 2.32. The van der Waals surface area contributed by atoms with Crippen LogP contribution in [0.4, 0.5) is 34.1 Å². The maximum atomic E-state index is 6.07. The number of nitrogen functional groups attached to an aromatic ring is 3. The van der Waals surface area contributed by atoms with E-state index in [0.717, 1.165) is 214 Å². The van der Waals surface area contributed by atoms with Crippen LogP contribution in [0.5, 0.6) is 0 Å². The van der Waals surface area contributed by atoms with Crippen LogP contribution in [0.3, 0.4) is 0 Å². The number of ether oxygens (including phenoxy) is 4. The minimum absolute atomic E-state index is 0. The zero-order valence-corrected chi connectivity index (χ0v) is 50.2. The number of rotatable bonds is 24. The van der Waals surface area contributed by atoms with Crippen molar-refractivity contribution in [3.8, 4) is 0 Å². The van der Waals surface area contributed by atoms with Crippen molar-refractivity contribution in [2.75, 3.05) is 258 Å². The molecule has 81 heavy (non-hydrogen) atoms. The third-order valence-electron chi connectivity index (χ3n) is 16.8. The number of hydrogen-bond acceptors (Lipinski definition) is 14. The number of fused-ring (bicyclic) bond motifs is 3. The van der Waals surface area contributed by atoms with Crippen LogP contribution in [0.2, 0.25) is 0 Å². The fraction of sp³-hybridized carbons (Fsp3) is 0.719. The lowest BCUT2D eigenvalue weighted by Crippen LogP contribution is -2.54. The quantitative estimate of drug-likeness (QED) is 0.0487. The number of anilines is 6. The minimum atomic E-state index is 0. The molecule has 17 heteroatoms. The number of likely N-dealkylation sites (N-methyl/N-ethyl adjacent to an activating group) is 3. The van der Waals surface area contributed by atoms with E-state index in [9.17, 15) is 0 Å². The lowest BCUT2D eigenvalue weighted by molar-refractivity contribution is -0.909. The van der Waals surface area contributed by atoms with Crippen molar-refractivity contribution in [2.45, 2.75) is 80.1 Å². The van der Waals surface area contributed by atoms with E-state index in [2.05, 4.69) is 134 Å². The molecule has 6 aliphatic rings. The lowest BCUT2D eigenvalue weighted by Gasteiger charge is -2.39. The predicted molar refractivity (Wildman–Crippen MR) is 345 cm³/mol. The molecule has 3 saturated heterocycles. The maximum absolute atomic E-state index is 6.07. The first-order valence-electron chi connectivity index (χ1n) is 30.0. The van der Waals surface area contributed by atoms with Crippen molar-refractivity contribution >= 4 is 34.1 Å². The first-order valence-corrected chi connectivity index (χ1v) is 30.0. The van der Waals surface area contributed by atoms with Gasteiger partial charge < -0.3 is 69.6 Å². The smallest absolute Gasteiger partial charge is 0.119 e. The SMILES string of the molecule is C.C.C.CC[N+](C)(CC)CC1CN(CCCN2CCc3ccc(N)cc32)CCO1.C[N+](C)(C)CC1CN(CCNCCN2CCc3ccc(N)cc32)CCO1.C[N+](C)(C)CC1CN(CCOCCN2CCc3ccc(N)cc32)CCO1.